The molecule has 0 aliphatic rings. The first kappa shape index (κ1) is 15.3. The second kappa shape index (κ2) is 6.98. The van der Waals surface area contributed by atoms with E-state index in [-0.39, 0.29) is 0 Å². The predicted molar refractivity (Wildman–Crippen MR) is 80.0 cm³/mol. The standard InChI is InChI=1S/C14H24ClN3/c1-5-18(11(2)9-17(3)4)10-12-6-13(15)8-14(16)7-12/h6-8,11H,5,9-10,16H2,1-4H3. The van der Waals surface area contributed by atoms with E-state index in [1.807, 2.05) is 12.1 Å². The van der Waals surface area contributed by atoms with Gasteiger partial charge in [-0.05, 0) is 51.3 Å². The summed E-state index contributed by atoms with van der Waals surface area (Å²) in [6.07, 6.45) is 0. The molecule has 3 nitrogen and oxygen atoms in total. The molecule has 0 spiro atoms. The molecule has 4 heteroatoms. The molecule has 0 fully saturated rings. The van der Waals surface area contributed by atoms with Gasteiger partial charge in [-0.1, -0.05) is 18.5 Å². The highest BCUT2D eigenvalue weighted by Gasteiger charge is 2.13. The van der Waals surface area contributed by atoms with Crippen molar-refractivity contribution in [3.63, 3.8) is 0 Å². The third kappa shape index (κ3) is 4.84. The summed E-state index contributed by atoms with van der Waals surface area (Å²) >= 11 is 6.03. The molecular formula is C14H24ClN3. The van der Waals surface area contributed by atoms with E-state index in [1.54, 1.807) is 6.07 Å². The van der Waals surface area contributed by atoms with E-state index < -0.39 is 0 Å². The Labute approximate surface area is 116 Å². The van der Waals surface area contributed by atoms with Crippen molar-refractivity contribution >= 4 is 17.3 Å². The van der Waals surface area contributed by atoms with Gasteiger partial charge in [0.2, 0.25) is 0 Å². The first-order chi connectivity index (χ1) is 8.42. The van der Waals surface area contributed by atoms with Gasteiger partial charge in [-0.15, -0.1) is 0 Å². The second-order valence-electron chi connectivity index (χ2n) is 5.07. The Morgan fingerprint density at radius 1 is 1.28 bits per heavy atom. The number of hydrogen-bond donors (Lipinski definition) is 1. The zero-order valence-electron chi connectivity index (χ0n) is 11.8. The Hall–Kier alpha value is -0.770. The highest BCUT2D eigenvalue weighted by atomic mass is 35.5. The summed E-state index contributed by atoms with van der Waals surface area (Å²) in [6, 6.07) is 6.27. The van der Waals surface area contributed by atoms with Gasteiger partial charge < -0.3 is 10.6 Å². The summed E-state index contributed by atoms with van der Waals surface area (Å²) in [5.41, 5.74) is 7.73. The lowest BCUT2D eigenvalue weighted by molar-refractivity contribution is 0.174. The van der Waals surface area contributed by atoms with Gasteiger partial charge in [0, 0.05) is 29.8 Å². The van der Waals surface area contributed by atoms with E-state index in [2.05, 4.69) is 37.7 Å². The number of rotatable bonds is 6. The number of nitrogens with two attached hydrogens (primary N) is 1. The molecule has 1 aromatic carbocycles. The van der Waals surface area contributed by atoms with Crippen LogP contribution in [0.2, 0.25) is 5.02 Å². The minimum absolute atomic E-state index is 0.505. The van der Waals surface area contributed by atoms with Gasteiger partial charge in [-0.25, -0.2) is 0 Å². The van der Waals surface area contributed by atoms with Gasteiger partial charge in [0.15, 0.2) is 0 Å². The maximum atomic E-state index is 6.03. The van der Waals surface area contributed by atoms with Gasteiger partial charge in [-0.2, -0.15) is 0 Å². The number of nitrogen functional groups attached to an aromatic ring is 1. The average Bonchev–Trinajstić information content (AvgIpc) is 2.23. The van der Waals surface area contributed by atoms with E-state index in [0.29, 0.717) is 11.1 Å². The fourth-order valence-electron chi connectivity index (χ4n) is 2.22. The Balaban J connectivity index is 2.72. The van der Waals surface area contributed by atoms with Crippen LogP contribution in [0.4, 0.5) is 5.69 Å². The van der Waals surface area contributed by atoms with Gasteiger partial charge >= 0.3 is 0 Å². The lowest BCUT2D eigenvalue weighted by Crippen LogP contribution is -2.39. The molecule has 0 aliphatic carbocycles. The quantitative estimate of drug-likeness (QED) is 0.806. The molecule has 0 aromatic heterocycles. The molecule has 0 heterocycles. The summed E-state index contributed by atoms with van der Waals surface area (Å²) in [5.74, 6) is 0. The van der Waals surface area contributed by atoms with Crippen molar-refractivity contribution in [1.29, 1.82) is 0 Å². The average molecular weight is 270 g/mol. The minimum atomic E-state index is 0.505. The number of likely N-dealkylation sites (N-methyl/N-ethyl adjacent to an activating group) is 2. The third-order valence-electron chi connectivity index (χ3n) is 3.02. The van der Waals surface area contributed by atoms with Crippen molar-refractivity contribution < 1.29 is 0 Å². The Morgan fingerprint density at radius 2 is 1.94 bits per heavy atom. The molecule has 0 bridgehead atoms. The molecule has 18 heavy (non-hydrogen) atoms. The van der Waals surface area contributed by atoms with Crippen LogP contribution in [-0.4, -0.2) is 43.0 Å². The summed E-state index contributed by atoms with van der Waals surface area (Å²) in [6.45, 7) is 7.37. The number of halogens is 1. The maximum Gasteiger partial charge on any atom is 0.0429 e. The van der Waals surface area contributed by atoms with Crippen molar-refractivity contribution in [3.8, 4) is 0 Å². The van der Waals surface area contributed by atoms with Crippen molar-refractivity contribution in [2.75, 3.05) is 32.9 Å². The van der Waals surface area contributed by atoms with E-state index >= 15 is 0 Å². The Bertz CT molecular complexity index is 359. The molecule has 1 aromatic rings. The van der Waals surface area contributed by atoms with Crippen molar-refractivity contribution in [2.24, 2.45) is 0 Å². The van der Waals surface area contributed by atoms with Crippen LogP contribution in [0.25, 0.3) is 0 Å². The van der Waals surface area contributed by atoms with Gasteiger partial charge in [0.05, 0.1) is 0 Å². The Morgan fingerprint density at radius 3 is 2.44 bits per heavy atom. The smallest absolute Gasteiger partial charge is 0.0429 e. The predicted octanol–water partition coefficient (Wildman–Crippen LogP) is 2.69. The van der Waals surface area contributed by atoms with Crippen LogP contribution in [0.3, 0.4) is 0 Å². The summed E-state index contributed by atoms with van der Waals surface area (Å²) in [4.78, 5) is 4.63. The van der Waals surface area contributed by atoms with Gasteiger partial charge in [0.1, 0.15) is 0 Å². The van der Waals surface area contributed by atoms with Crippen LogP contribution in [0.15, 0.2) is 18.2 Å². The molecule has 2 N–H and O–H groups in total. The molecule has 0 radical (unpaired) electrons. The van der Waals surface area contributed by atoms with Crippen LogP contribution in [0, 0.1) is 0 Å². The highest BCUT2D eigenvalue weighted by molar-refractivity contribution is 6.30. The molecular weight excluding hydrogens is 246 g/mol. The van der Waals surface area contributed by atoms with Crippen molar-refractivity contribution in [2.45, 2.75) is 26.4 Å². The van der Waals surface area contributed by atoms with E-state index in [0.717, 1.165) is 25.3 Å². The first-order valence-electron chi connectivity index (χ1n) is 6.36. The molecule has 1 atom stereocenters. The fourth-order valence-corrected chi connectivity index (χ4v) is 2.49. The van der Waals surface area contributed by atoms with Crippen molar-refractivity contribution in [1.82, 2.24) is 9.80 Å². The summed E-state index contributed by atoms with van der Waals surface area (Å²) in [5, 5.41) is 0.710. The first-order valence-corrected chi connectivity index (χ1v) is 6.74. The minimum Gasteiger partial charge on any atom is -0.399 e. The SMILES string of the molecule is CCN(Cc1cc(N)cc(Cl)c1)C(C)CN(C)C. The summed E-state index contributed by atoms with van der Waals surface area (Å²) < 4.78 is 0. The summed E-state index contributed by atoms with van der Waals surface area (Å²) in [7, 11) is 4.20. The molecule has 1 unspecified atom stereocenters. The number of anilines is 1. The lowest BCUT2D eigenvalue weighted by Gasteiger charge is -2.30. The zero-order valence-corrected chi connectivity index (χ0v) is 12.5. The normalized spacial score (nSPS) is 13.3. The molecule has 0 amide bonds. The van der Waals surface area contributed by atoms with Crippen LogP contribution >= 0.6 is 11.6 Å². The van der Waals surface area contributed by atoms with Crippen LogP contribution < -0.4 is 5.73 Å². The molecule has 0 aliphatic heterocycles. The Kier molecular flexibility index (Phi) is 5.93. The highest BCUT2D eigenvalue weighted by Crippen LogP contribution is 2.18. The topological polar surface area (TPSA) is 32.5 Å². The van der Waals surface area contributed by atoms with Crippen LogP contribution in [0.5, 0.6) is 0 Å². The molecule has 102 valence electrons. The molecule has 1 rings (SSSR count). The lowest BCUT2D eigenvalue weighted by atomic mass is 10.1. The van der Waals surface area contributed by atoms with E-state index in [9.17, 15) is 0 Å². The fraction of sp³-hybridized carbons (Fsp3) is 0.571. The van der Waals surface area contributed by atoms with Gasteiger partial charge in [0.25, 0.3) is 0 Å². The van der Waals surface area contributed by atoms with Crippen LogP contribution in [-0.2, 0) is 6.54 Å². The third-order valence-corrected chi connectivity index (χ3v) is 3.24. The molecule has 0 saturated carbocycles. The maximum absolute atomic E-state index is 6.03. The van der Waals surface area contributed by atoms with E-state index in [4.69, 9.17) is 17.3 Å². The van der Waals surface area contributed by atoms with Gasteiger partial charge in [-0.3, -0.25) is 4.90 Å². The zero-order chi connectivity index (χ0) is 13.7. The number of nitrogens with zero attached hydrogens (tertiary/aromatic N) is 2. The number of benzene rings is 1. The largest absolute Gasteiger partial charge is 0.399 e. The van der Waals surface area contributed by atoms with Crippen molar-refractivity contribution in [3.05, 3.63) is 28.8 Å². The van der Waals surface area contributed by atoms with E-state index in [1.165, 1.54) is 5.56 Å². The monoisotopic (exact) mass is 269 g/mol. The number of hydrogen-bond acceptors (Lipinski definition) is 3. The van der Waals surface area contributed by atoms with Crippen LogP contribution in [0.1, 0.15) is 19.4 Å². The second-order valence-corrected chi connectivity index (χ2v) is 5.50. The molecule has 0 saturated heterocycles.